The summed E-state index contributed by atoms with van der Waals surface area (Å²) in [5, 5.41) is 2.68. The number of amides is 1. The normalized spacial score (nSPS) is 14.8. The van der Waals surface area contributed by atoms with Gasteiger partial charge in [-0.3, -0.25) is 4.79 Å². The van der Waals surface area contributed by atoms with Gasteiger partial charge in [0.1, 0.15) is 5.75 Å². The number of cyclic esters (lactones) is 1. The van der Waals surface area contributed by atoms with Crippen LogP contribution in [0.3, 0.4) is 0 Å². The maximum absolute atomic E-state index is 12.2. The van der Waals surface area contributed by atoms with Gasteiger partial charge in [-0.15, -0.1) is 0 Å². The van der Waals surface area contributed by atoms with E-state index in [1.165, 1.54) is 6.92 Å². The van der Waals surface area contributed by atoms with Gasteiger partial charge in [-0.05, 0) is 93.7 Å². The molecule has 0 atom stereocenters. The van der Waals surface area contributed by atoms with Crippen LogP contribution in [0.4, 0.5) is 5.69 Å². The topological polar surface area (TPSA) is 77.0 Å². The number of carbonyl (C=O) groups is 2. The van der Waals surface area contributed by atoms with Gasteiger partial charge in [0.2, 0.25) is 11.8 Å². The maximum atomic E-state index is 12.2. The van der Waals surface area contributed by atoms with Gasteiger partial charge in [0.15, 0.2) is 5.70 Å². The van der Waals surface area contributed by atoms with Crippen LogP contribution in [0, 0.1) is 0 Å². The zero-order valence-corrected chi connectivity index (χ0v) is 19.1. The Morgan fingerprint density at radius 3 is 2.34 bits per heavy atom. The summed E-state index contributed by atoms with van der Waals surface area (Å²) in [4.78, 5) is 27.7. The van der Waals surface area contributed by atoms with Crippen molar-refractivity contribution in [3.63, 3.8) is 0 Å². The van der Waals surface area contributed by atoms with Crippen LogP contribution in [0.1, 0.15) is 31.9 Å². The highest BCUT2D eigenvalue weighted by molar-refractivity contribution is 9.11. The molecule has 0 saturated carbocycles. The molecule has 29 heavy (non-hydrogen) atoms. The van der Waals surface area contributed by atoms with Crippen LogP contribution in [0.15, 0.2) is 56.0 Å². The fourth-order valence-corrected chi connectivity index (χ4v) is 4.01. The number of nitrogens with zero attached hydrogens (tertiary/aromatic N) is 1. The molecule has 0 bridgehead atoms. The van der Waals surface area contributed by atoms with E-state index in [1.54, 1.807) is 30.3 Å². The molecule has 0 radical (unpaired) electrons. The van der Waals surface area contributed by atoms with Crippen molar-refractivity contribution in [1.82, 2.24) is 0 Å². The average molecular weight is 522 g/mol. The Bertz CT molecular complexity index is 1000. The molecular formula is C21H18Br2N2O4. The highest BCUT2D eigenvalue weighted by atomic mass is 79.9. The monoisotopic (exact) mass is 520 g/mol. The minimum atomic E-state index is -0.527. The van der Waals surface area contributed by atoms with E-state index in [4.69, 9.17) is 9.47 Å². The van der Waals surface area contributed by atoms with E-state index in [0.717, 1.165) is 14.5 Å². The molecule has 1 amide bonds. The number of rotatable bonds is 5. The lowest BCUT2D eigenvalue weighted by molar-refractivity contribution is -0.129. The van der Waals surface area contributed by atoms with Gasteiger partial charge >= 0.3 is 5.97 Å². The van der Waals surface area contributed by atoms with Gasteiger partial charge in [0, 0.05) is 18.2 Å². The molecule has 1 aliphatic rings. The minimum Gasteiger partial charge on any atom is -0.489 e. The number of carbonyl (C=O) groups excluding carboxylic acids is 2. The first-order valence-electron chi connectivity index (χ1n) is 8.79. The van der Waals surface area contributed by atoms with Gasteiger partial charge in [-0.2, -0.15) is 0 Å². The number of nitrogens with one attached hydrogen (secondary N) is 1. The second-order valence-corrected chi connectivity index (χ2v) is 8.28. The zero-order valence-electron chi connectivity index (χ0n) is 16.0. The van der Waals surface area contributed by atoms with E-state index in [-0.39, 0.29) is 23.6 Å². The Morgan fingerprint density at radius 1 is 1.17 bits per heavy atom. The number of ether oxygens (including phenoxy) is 2. The number of hydrogen-bond acceptors (Lipinski definition) is 5. The van der Waals surface area contributed by atoms with E-state index in [2.05, 4.69) is 42.2 Å². The van der Waals surface area contributed by atoms with Crippen LogP contribution in [0.2, 0.25) is 0 Å². The van der Waals surface area contributed by atoms with Crippen molar-refractivity contribution in [1.29, 1.82) is 0 Å². The van der Waals surface area contributed by atoms with Crippen molar-refractivity contribution in [2.24, 2.45) is 4.99 Å². The van der Waals surface area contributed by atoms with Crippen LogP contribution in [0.25, 0.3) is 6.08 Å². The molecule has 3 rings (SSSR count). The molecule has 0 aliphatic carbocycles. The molecule has 1 aliphatic heterocycles. The Hall–Kier alpha value is -2.45. The predicted octanol–water partition coefficient (Wildman–Crippen LogP) is 5.30. The van der Waals surface area contributed by atoms with Crippen molar-refractivity contribution >= 4 is 61.4 Å². The number of anilines is 1. The predicted molar refractivity (Wildman–Crippen MR) is 119 cm³/mol. The third kappa shape index (κ3) is 5.33. The Morgan fingerprint density at radius 2 is 1.79 bits per heavy atom. The summed E-state index contributed by atoms with van der Waals surface area (Å²) in [6.45, 7) is 5.33. The van der Waals surface area contributed by atoms with Crippen molar-refractivity contribution in [2.45, 2.75) is 26.9 Å². The van der Waals surface area contributed by atoms with Gasteiger partial charge in [0.05, 0.1) is 15.0 Å². The van der Waals surface area contributed by atoms with Crippen molar-refractivity contribution in [3.05, 3.63) is 62.2 Å². The summed E-state index contributed by atoms with van der Waals surface area (Å²) >= 11 is 6.99. The van der Waals surface area contributed by atoms with Gasteiger partial charge in [0.25, 0.3) is 0 Å². The highest BCUT2D eigenvalue weighted by Crippen LogP contribution is 2.36. The molecule has 0 spiro atoms. The number of benzene rings is 2. The van der Waals surface area contributed by atoms with Crippen molar-refractivity contribution in [2.75, 3.05) is 5.32 Å². The molecule has 0 fully saturated rings. The SMILES string of the molecule is CC(=O)Nc1ccc(C2=N/C(=C\c3cc(Br)c(OC(C)C)c(Br)c3)C(=O)O2)cc1. The lowest BCUT2D eigenvalue weighted by Gasteiger charge is -2.14. The first kappa shape index (κ1) is 21.3. The third-order valence-electron chi connectivity index (χ3n) is 3.75. The number of halogens is 2. The van der Waals surface area contributed by atoms with E-state index in [9.17, 15) is 9.59 Å². The van der Waals surface area contributed by atoms with Crippen LogP contribution in [-0.2, 0) is 14.3 Å². The summed E-state index contributed by atoms with van der Waals surface area (Å²) in [5.74, 6) is 0.226. The van der Waals surface area contributed by atoms with Gasteiger partial charge in [-0.1, -0.05) is 0 Å². The van der Waals surface area contributed by atoms with Crippen molar-refractivity contribution in [3.8, 4) is 5.75 Å². The van der Waals surface area contributed by atoms with Crippen LogP contribution in [-0.4, -0.2) is 23.9 Å². The quantitative estimate of drug-likeness (QED) is 0.427. The second-order valence-electron chi connectivity index (χ2n) is 6.57. The first-order chi connectivity index (χ1) is 13.7. The molecular weight excluding hydrogens is 504 g/mol. The van der Waals surface area contributed by atoms with Gasteiger partial charge < -0.3 is 14.8 Å². The summed E-state index contributed by atoms with van der Waals surface area (Å²) in [6, 6.07) is 10.6. The van der Waals surface area contributed by atoms with Crippen LogP contribution >= 0.6 is 31.9 Å². The highest BCUT2D eigenvalue weighted by Gasteiger charge is 2.24. The zero-order chi connectivity index (χ0) is 21.1. The first-order valence-corrected chi connectivity index (χ1v) is 10.4. The molecule has 0 unspecified atom stereocenters. The molecule has 1 heterocycles. The average Bonchev–Trinajstić information content (AvgIpc) is 2.99. The summed E-state index contributed by atoms with van der Waals surface area (Å²) in [7, 11) is 0. The summed E-state index contributed by atoms with van der Waals surface area (Å²) in [6.07, 6.45) is 1.68. The fourth-order valence-electron chi connectivity index (χ4n) is 2.60. The van der Waals surface area contributed by atoms with Crippen LogP contribution < -0.4 is 10.1 Å². The molecule has 2 aromatic rings. The Balaban J connectivity index is 1.86. The molecule has 0 aromatic heterocycles. The number of hydrogen-bond donors (Lipinski definition) is 1. The molecule has 2 aromatic carbocycles. The number of aliphatic imine (C=N–C) groups is 1. The second kappa shape index (κ2) is 8.92. The molecule has 6 nitrogen and oxygen atoms in total. The van der Waals surface area contributed by atoms with E-state index in [1.807, 2.05) is 26.0 Å². The summed E-state index contributed by atoms with van der Waals surface area (Å²) in [5.41, 5.74) is 2.25. The third-order valence-corrected chi connectivity index (χ3v) is 4.93. The Labute approximate surface area is 185 Å². The number of esters is 1. The van der Waals surface area contributed by atoms with Crippen molar-refractivity contribution < 1.29 is 19.1 Å². The maximum Gasteiger partial charge on any atom is 0.363 e. The lowest BCUT2D eigenvalue weighted by atomic mass is 10.2. The van der Waals surface area contributed by atoms with E-state index >= 15 is 0 Å². The standard InChI is InChI=1S/C21H18Br2N2O4/c1-11(2)28-19-16(22)8-13(9-17(19)23)10-18-21(27)29-20(25-18)14-4-6-15(7-5-14)24-12(3)26/h4-11H,1-3H3,(H,24,26)/b18-10-. The van der Waals surface area contributed by atoms with Crippen LogP contribution in [0.5, 0.6) is 5.75 Å². The van der Waals surface area contributed by atoms with E-state index in [0.29, 0.717) is 17.0 Å². The van der Waals surface area contributed by atoms with E-state index < -0.39 is 5.97 Å². The molecule has 0 saturated heterocycles. The molecule has 8 heteroatoms. The molecule has 1 N–H and O–H groups in total. The minimum absolute atomic E-state index is 0.0285. The lowest BCUT2D eigenvalue weighted by Crippen LogP contribution is -2.07. The smallest absolute Gasteiger partial charge is 0.363 e. The van der Waals surface area contributed by atoms with Gasteiger partial charge in [-0.25, -0.2) is 9.79 Å². The fraction of sp³-hybridized carbons (Fsp3) is 0.190. The summed E-state index contributed by atoms with van der Waals surface area (Å²) < 4.78 is 12.6. The molecule has 150 valence electrons. The largest absolute Gasteiger partial charge is 0.489 e. The Kier molecular flexibility index (Phi) is 6.54.